The predicted octanol–water partition coefficient (Wildman–Crippen LogP) is 8.03. The smallest absolute Gasteiger partial charge is 0.306 e. The zero-order valence-electron chi connectivity index (χ0n) is 32.2. The van der Waals surface area contributed by atoms with Crippen LogP contribution < -0.4 is 10.9 Å². The predicted molar refractivity (Wildman–Crippen MR) is 192 cm³/mol. The van der Waals surface area contributed by atoms with Crippen molar-refractivity contribution in [3.05, 3.63) is 77.4 Å². The number of hydrogen-bond acceptors (Lipinski definition) is 9. The minimum atomic E-state index is -0.867. The number of carbonyl (C=O) groups is 2. The lowest BCUT2D eigenvalue weighted by Gasteiger charge is -2.35. The number of aryl methyl sites for hydroxylation is 1. The van der Waals surface area contributed by atoms with Gasteiger partial charge < -0.3 is 23.4 Å². The summed E-state index contributed by atoms with van der Waals surface area (Å²) < 4.78 is 25.0. The molecule has 7 unspecified atom stereocenters. The highest BCUT2D eigenvalue weighted by Gasteiger charge is 2.39. The molecule has 7 atom stereocenters. The molecule has 2 aromatic heterocycles. The Morgan fingerprint density at radius 1 is 0.755 bits per heavy atom. The summed E-state index contributed by atoms with van der Waals surface area (Å²) in [6.45, 7) is 25.6. The molecule has 0 aliphatic carbocycles. The van der Waals surface area contributed by atoms with Crippen LogP contribution in [-0.2, 0) is 25.5 Å². The highest BCUT2D eigenvalue weighted by atomic mass is 16.6. The molecule has 0 fully saturated rings. The van der Waals surface area contributed by atoms with Gasteiger partial charge in [-0.3, -0.25) is 19.2 Å². The molecule has 0 radical (unpaired) electrons. The van der Waals surface area contributed by atoms with Gasteiger partial charge in [-0.05, 0) is 52.5 Å². The van der Waals surface area contributed by atoms with Crippen LogP contribution in [0, 0.1) is 39.5 Å². The lowest BCUT2D eigenvalue weighted by Crippen LogP contribution is -2.40. The molecule has 49 heavy (non-hydrogen) atoms. The first-order valence-corrected chi connectivity index (χ1v) is 17.8. The molecule has 2 heterocycles. The van der Waals surface area contributed by atoms with Crippen LogP contribution in [0.15, 0.2) is 30.1 Å². The van der Waals surface area contributed by atoms with Crippen molar-refractivity contribution >= 4 is 11.9 Å². The zero-order chi connectivity index (χ0) is 37.5. The summed E-state index contributed by atoms with van der Waals surface area (Å²) in [5.74, 6) is -0.859. The summed E-state index contributed by atoms with van der Waals surface area (Å²) in [7, 11) is 0. The average molecular weight is 685 g/mol. The van der Waals surface area contributed by atoms with Crippen molar-refractivity contribution < 1.29 is 33.0 Å². The number of esters is 2. The molecule has 2 aromatic rings. The lowest BCUT2D eigenvalue weighted by atomic mass is 9.82. The zero-order valence-corrected chi connectivity index (χ0v) is 32.2. The average Bonchev–Trinajstić information content (AvgIpc) is 3.05. The van der Waals surface area contributed by atoms with Crippen molar-refractivity contribution in [3.63, 3.8) is 0 Å². The van der Waals surface area contributed by atoms with E-state index < -0.39 is 48.0 Å². The highest BCUT2D eigenvalue weighted by molar-refractivity contribution is 5.70. The van der Waals surface area contributed by atoms with Gasteiger partial charge in [0.15, 0.2) is 10.9 Å². The maximum Gasteiger partial charge on any atom is 0.306 e. The van der Waals surface area contributed by atoms with E-state index in [-0.39, 0.29) is 35.5 Å². The van der Waals surface area contributed by atoms with Gasteiger partial charge in [0.1, 0.15) is 35.2 Å². The second-order valence-electron chi connectivity index (χ2n) is 14.2. The molecule has 0 aromatic carbocycles. The van der Waals surface area contributed by atoms with Crippen molar-refractivity contribution in [2.24, 2.45) is 11.8 Å². The quantitative estimate of drug-likeness (QED) is 0.138. The van der Waals surface area contributed by atoms with Crippen LogP contribution in [-0.4, -0.2) is 35.4 Å². The fourth-order valence-electron chi connectivity index (χ4n) is 6.68. The summed E-state index contributed by atoms with van der Waals surface area (Å²) in [6, 6.07) is 0. The Morgan fingerprint density at radius 3 is 1.80 bits per heavy atom. The van der Waals surface area contributed by atoms with Crippen LogP contribution in [0.5, 0.6) is 0 Å². The van der Waals surface area contributed by atoms with Crippen LogP contribution in [0.1, 0.15) is 152 Å². The third-order valence-electron chi connectivity index (χ3n) is 9.74. The standard InChI is InChI=1S/C40H60O9/c1-15-30(41)23(8)38-26(11)35(45)27(12)39(49-38)29(14)40(48-33(43)18-20(4)5)28(13)37(47-32(42)17-3)22(7)19-21(6)36-25(10)34(44)24(9)31(16-2)46-36/h19-21,23,28-30,37,40-41H,15-18H2,1-14H3. The van der Waals surface area contributed by atoms with Crippen LogP contribution in [0.2, 0.25) is 0 Å². The Hall–Kier alpha value is -3.46. The SMILES string of the molecule is CCC(=O)OC(C(C)=CC(C)c1oc(CC)c(C)c(=O)c1C)C(C)C(OC(=O)CC(C)C)C(C)c1oc(C(C)C(O)CC)c(C)c(=O)c1C. The van der Waals surface area contributed by atoms with Crippen molar-refractivity contribution in [2.45, 2.75) is 159 Å². The van der Waals surface area contributed by atoms with Gasteiger partial charge in [-0.1, -0.05) is 68.4 Å². The van der Waals surface area contributed by atoms with E-state index in [9.17, 15) is 24.3 Å². The number of rotatable bonds is 16. The molecule has 0 saturated carbocycles. The van der Waals surface area contributed by atoms with Crippen LogP contribution in [0.4, 0.5) is 0 Å². The highest BCUT2D eigenvalue weighted by Crippen LogP contribution is 2.36. The summed E-state index contributed by atoms with van der Waals surface area (Å²) in [5.41, 5.74) is 2.39. The van der Waals surface area contributed by atoms with Crippen molar-refractivity contribution in [1.82, 2.24) is 0 Å². The maximum atomic E-state index is 13.5. The topological polar surface area (TPSA) is 133 Å². The number of hydrogen-bond donors (Lipinski definition) is 1. The third-order valence-corrected chi connectivity index (χ3v) is 9.74. The Morgan fingerprint density at radius 2 is 1.29 bits per heavy atom. The van der Waals surface area contributed by atoms with Gasteiger partial charge in [-0.15, -0.1) is 0 Å². The number of ether oxygens (including phenoxy) is 2. The van der Waals surface area contributed by atoms with Gasteiger partial charge in [0.05, 0.1) is 12.0 Å². The fourth-order valence-corrected chi connectivity index (χ4v) is 6.68. The Labute approximate surface area is 292 Å². The van der Waals surface area contributed by atoms with Crippen molar-refractivity contribution in [3.8, 4) is 0 Å². The number of aliphatic hydroxyl groups is 1. The number of carbonyl (C=O) groups excluding carboxylic acids is 2. The van der Waals surface area contributed by atoms with Gasteiger partial charge >= 0.3 is 11.9 Å². The molecule has 1 N–H and O–H groups in total. The van der Waals surface area contributed by atoms with Gasteiger partial charge in [-0.2, -0.15) is 0 Å². The van der Waals surface area contributed by atoms with E-state index in [2.05, 4.69) is 0 Å². The van der Waals surface area contributed by atoms with E-state index in [1.54, 1.807) is 34.6 Å². The fraction of sp³-hybridized carbons (Fsp3) is 0.650. The van der Waals surface area contributed by atoms with E-state index >= 15 is 0 Å². The number of aliphatic hydroxyl groups excluding tert-OH is 1. The van der Waals surface area contributed by atoms with E-state index in [1.165, 1.54) is 0 Å². The monoisotopic (exact) mass is 684 g/mol. The molecule has 9 nitrogen and oxygen atoms in total. The second-order valence-corrected chi connectivity index (χ2v) is 14.2. The first-order chi connectivity index (χ1) is 22.8. The number of allylic oxidation sites excluding steroid dienone is 1. The molecule has 0 bridgehead atoms. The van der Waals surface area contributed by atoms with Gasteiger partial charge in [-0.25, -0.2) is 0 Å². The van der Waals surface area contributed by atoms with Crippen molar-refractivity contribution in [2.75, 3.05) is 0 Å². The first-order valence-electron chi connectivity index (χ1n) is 17.8. The summed E-state index contributed by atoms with van der Waals surface area (Å²) in [4.78, 5) is 52.7. The molecule has 9 heteroatoms. The van der Waals surface area contributed by atoms with Gasteiger partial charge in [0, 0.05) is 59.3 Å². The lowest BCUT2D eigenvalue weighted by molar-refractivity contribution is -0.161. The molecule has 2 rings (SSSR count). The molecular weight excluding hydrogens is 624 g/mol. The molecule has 0 aliphatic rings. The molecule has 0 amide bonds. The molecule has 0 aliphatic heterocycles. The van der Waals surface area contributed by atoms with Gasteiger partial charge in [0.2, 0.25) is 0 Å². The van der Waals surface area contributed by atoms with Crippen LogP contribution >= 0.6 is 0 Å². The second kappa shape index (κ2) is 18.0. The summed E-state index contributed by atoms with van der Waals surface area (Å²) in [5, 5.41) is 10.7. The minimum absolute atomic E-state index is 0.0393. The van der Waals surface area contributed by atoms with Crippen LogP contribution in [0.3, 0.4) is 0 Å². The first kappa shape index (κ1) is 41.7. The Kier molecular flexibility index (Phi) is 15.3. The Balaban J connectivity index is 2.77. The molecule has 274 valence electrons. The largest absolute Gasteiger partial charge is 0.465 e. The van der Waals surface area contributed by atoms with E-state index in [1.807, 2.05) is 68.4 Å². The van der Waals surface area contributed by atoms with E-state index in [0.29, 0.717) is 63.7 Å². The summed E-state index contributed by atoms with van der Waals surface area (Å²) in [6.07, 6.45) is 0.885. The van der Waals surface area contributed by atoms with E-state index in [4.69, 9.17) is 18.3 Å². The van der Waals surface area contributed by atoms with Crippen LogP contribution in [0.25, 0.3) is 0 Å². The van der Waals surface area contributed by atoms with Crippen molar-refractivity contribution in [1.29, 1.82) is 0 Å². The third kappa shape index (κ3) is 9.83. The van der Waals surface area contributed by atoms with E-state index in [0.717, 1.165) is 0 Å². The molecule has 0 saturated heterocycles. The normalized spacial score (nSPS) is 16.4. The Bertz CT molecular complexity index is 1610. The van der Waals surface area contributed by atoms with Gasteiger partial charge in [0.25, 0.3) is 0 Å². The summed E-state index contributed by atoms with van der Waals surface area (Å²) >= 11 is 0. The molecular formula is C40H60O9. The maximum absolute atomic E-state index is 13.5. The molecule has 0 spiro atoms. The minimum Gasteiger partial charge on any atom is -0.465 e.